The van der Waals surface area contributed by atoms with E-state index in [-0.39, 0.29) is 12.6 Å². The largest absolute Gasteiger partial charge is 0.463 e. The molecule has 0 aliphatic carbocycles. The van der Waals surface area contributed by atoms with Gasteiger partial charge in [-0.05, 0) is 12.5 Å². The van der Waals surface area contributed by atoms with Crippen molar-refractivity contribution in [3.05, 3.63) is 35.4 Å². The normalized spacial score (nSPS) is 9.83. The van der Waals surface area contributed by atoms with Crippen LogP contribution in [0.4, 0.5) is 0 Å². The summed E-state index contributed by atoms with van der Waals surface area (Å²) < 4.78 is 9.83. The molecular weight excluding hydrogens is 232 g/mol. The molecule has 1 rings (SSSR count). The molecule has 0 aliphatic rings. The van der Waals surface area contributed by atoms with Crippen molar-refractivity contribution in [1.82, 2.24) is 0 Å². The fourth-order valence-corrected chi connectivity index (χ4v) is 1.56. The first-order chi connectivity index (χ1) is 8.79. The summed E-state index contributed by atoms with van der Waals surface area (Å²) in [5, 5.41) is 0. The van der Waals surface area contributed by atoms with Crippen molar-refractivity contribution in [2.45, 2.75) is 32.8 Å². The maximum atomic E-state index is 11.8. The molecule has 0 N–H and O–H groups in total. The highest BCUT2D eigenvalue weighted by molar-refractivity contribution is 5.91. The van der Waals surface area contributed by atoms with Crippen LogP contribution in [0.3, 0.4) is 0 Å². The number of carbonyl (C=O) groups excluding carboxylic acids is 2. The van der Waals surface area contributed by atoms with Gasteiger partial charge in [-0.1, -0.05) is 38.0 Å². The second-order valence-electron chi connectivity index (χ2n) is 3.91. The molecule has 0 unspecified atom stereocenters. The Hall–Kier alpha value is -1.84. The van der Waals surface area contributed by atoms with Crippen LogP contribution in [0.5, 0.6) is 0 Å². The highest BCUT2D eigenvalue weighted by atomic mass is 16.5. The quantitative estimate of drug-likeness (QED) is 0.404. The first kappa shape index (κ1) is 14.2. The van der Waals surface area contributed by atoms with Gasteiger partial charge in [-0.25, -0.2) is 4.79 Å². The van der Waals surface area contributed by atoms with Crippen LogP contribution in [0.15, 0.2) is 24.3 Å². The van der Waals surface area contributed by atoms with Gasteiger partial charge in [0.05, 0.1) is 12.2 Å². The molecule has 0 bridgehead atoms. The maximum absolute atomic E-state index is 11.8. The fraction of sp³-hybridized carbons (Fsp3) is 0.429. The Bertz CT molecular complexity index is 387. The Morgan fingerprint density at radius 3 is 2.78 bits per heavy atom. The third-order valence-corrected chi connectivity index (χ3v) is 2.53. The Morgan fingerprint density at radius 1 is 1.28 bits per heavy atom. The highest BCUT2D eigenvalue weighted by Gasteiger charge is 2.12. The standard InChI is InChI=1S/C14H18O4/c1-2-3-6-9-18-14(16)13-8-5-4-7-12(13)10-17-11-15/h4-5,7-8,11H,2-3,6,9-10H2,1H3. The Labute approximate surface area is 107 Å². The van der Waals surface area contributed by atoms with E-state index in [1.165, 1.54) is 0 Å². The van der Waals surface area contributed by atoms with E-state index in [2.05, 4.69) is 11.7 Å². The number of unbranched alkanes of at least 4 members (excludes halogenated alkanes) is 2. The van der Waals surface area contributed by atoms with Gasteiger partial charge in [0.15, 0.2) is 0 Å². The van der Waals surface area contributed by atoms with Gasteiger partial charge < -0.3 is 9.47 Å². The van der Waals surface area contributed by atoms with E-state index in [9.17, 15) is 9.59 Å². The average molecular weight is 250 g/mol. The van der Waals surface area contributed by atoms with Crippen molar-refractivity contribution in [3.63, 3.8) is 0 Å². The Morgan fingerprint density at radius 2 is 2.06 bits per heavy atom. The summed E-state index contributed by atoms with van der Waals surface area (Å²) in [7, 11) is 0. The van der Waals surface area contributed by atoms with Crippen molar-refractivity contribution in [2.75, 3.05) is 6.61 Å². The van der Waals surface area contributed by atoms with E-state index in [1.54, 1.807) is 24.3 Å². The van der Waals surface area contributed by atoms with E-state index in [1.807, 2.05) is 0 Å². The van der Waals surface area contributed by atoms with E-state index in [4.69, 9.17) is 4.74 Å². The number of benzene rings is 1. The smallest absolute Gasteiger partial charge is 0.338 e. The molecule has 18 heavy (non-hydrogen) atoms. The number of hydrogen-bond acceptors (Lipinski definition) is 4. The summed E-state index contributed by atoms with van der Waals surface area (Å²) in [5.41, 5.74) is 1.11. The molecule has 0 amide bonds. The minimum absolute atomic E-state index is 0.0870. The Kier molecular flexibility index (Phi) is 6.54. The first-order valence-electron chi connectivity index (χ1n) is 6.10. The lowest BCUT2D eigenvalue weighted by molar-refractivity contribution is -0.129. The summed E-state index contributed by atoms with van der Waals surface area (Å²) in [4.78, 5) is 22.0. The molecular formula is C14H18O4. The van der Waals surface area contributed by atoms with Crippen LogP contribution >= 0.6 is 0 Å². The van der Waals surface area contributed by atoms with Crippen molar-refractivity contribution < 1.29 is 19.1 Å². The topological polar surface area (TPSA) is 52.6 Å². The van der Waals surface area contributed by atoms with E-state index >= 15 is 0 Å². The van der Waals surface area contributed by atoms with Gasteiger partial charge >= 0.3 is 5.97 Å². The SMILES string of the molecule is CCCCCOC(=O)c1ccccc1COC=O. The first-order valence-corrected chi connectivity index (χ1v) is 6.10. The third-order valence-electron chi connectivity index (χ3n) is 2.53. The summed E-state index contributed by atoms with van der Waals surface area (Å²) in [6.45, 7) is 2.97. The summed E-state index contributed by atoms with van der Waals surface area (Å²) in [6.07, 6.45) is 3.00. The molecule has 4 heteroatoms. The van der Waals surface area contributed by atoms with Crippen molar-refractivity contribution in [3.8, 4) is 0 Å². The molecule has 4 nitrogen and oxygen atoms in total. The number of hydrogen-bond donors (Lipinski definition) is 0. The van der Waals surface area contributed by atoms with Crippen LogP contribution in [-0.4, -0.2) is 19.0 Å². The monoisotopic (exact) mass is 250 g/mol. The molecule has 0 spiro atoms. The summed E-state index contributed by atoms with van der Waals surface area (Å²) >= 11 is 0. The van der Waals surface area contributed by atoms with Crippen LogP contribution in [0.2, 0.25) is 0 Å². The van der Waals surface area contributed by atoms with Gasteiger partial charge in [0.2, 0.25) is 0 Å². The zero-order valence-corrected chi connectivity index (χ0v) is 10.6. The van der Waals surface area contributed by atoms with Gasteiger partial charge in [-0.15, -0.1) is 0 Å². The second-order valence-corrected chi connectivity index (χ2v) is 3.91. The molecule has 0 atom stereocenters. The minimum Gasteiger partial charge on any atom is -0.463 e. The van der Waals surface area contributed by atoms with Crippen LogP contribution < -0.4 is 0 Å². The van der Waals surface area contributed by atoms with E-state index in [0.717, 1.165) is 19.3 Å². The summed E-state index contributed by atoms with van der Waals surface area (Å²) in [6, 6.07) is 6.96. The van der Waals surface area contributed by atoms with Gasteiger partial charge in [0, 0.05) is 5.56 Å². The van der Waals surface area contributed by atoms with Gasteiger partial charge in [-0.3, -0.25) is 4.79 Å². The van der Waals surface area contributed by atoms with Gasteiger partial charge in [0.1, 0.15) is 6.61 Å². The fourth-order valence-electron chi connectivity index (χ4n) is 1.56. The number of esters is 1. The predicted molar refractivity (Wildman–Crippen MR) is 67.1 cm³/mol. The molecule has 1 aromatic carbocycles. The third kappa shape index (κ3) is 4.57. The van der Waals surface area contributed by atoms with Crippen molar-refractivity contribution in [1.29, 1.82) is 0 Å². The van der Waals surface area contributed by atoms with Gasteiger partial charge in [-0.2, -0.15) is 0 Å². The molecule has 0 heterocycles. The molecule has 0 aliphatic heterocycles. The number of rotatable bonds is 8. The minimum atomic E-state index is -0.365. The molecule has 0 aromatic heterocycles. The molecule has 0 saturated heterocycles. The molecule has 0 fully saturated rings. The van der Waals surface area contributed by atoms with Crippen LogP contribution in [-0.2, 0) is 20.9 Å². The van der Waals surface area contributed by atoms with Crippen molar-refractivity contribution in [2.24, 2.45) is 0 Å². The van der Waals surface area contributed by atoms with Crippen molar-refractivity contribution >= 4 is 12.4 Å². The average Bonchev–Trinajstić information content (AvgIpc) is 2.41. The zero-order valence-electron chi connectivity index (χ0n) is 10.6. The lowest BCUT2D eigenvalue weighted by Crippen LogP contribution is -2.10. The van der Waals surface area contributed by atoms with E-state index in [0.29, 0.717) is 24.2 Å². The van der Waals surface area contributed by atoms with Crippen LogP contribution in [0.1, 0.15) is 42.1 Å². The summed E-state index contributed by atoms with van der Waals surface area (Å²) in [5.74, 6) is -0.365. The van der Waals surface area contributed by atoms with Gasteiger partial charge in [0.25, 0.3) is 6.47 Å². The maximum Gasteiger partial charge on any atom is 0.338 e. The molecule has 0 radical (unpaired) electrons. The van der Waals surface area contributed by atoms with E-state index < -0.39 is 0 Å². The number of ether oxygens (including phenoxy) is 2. The predicted octanol–water partition coefficient (Wildman–Crippen LogP) is 2.71. The van der Waals surface area contributed by atoms with Crippen LogP contribution in [0.25, 0.3) is 0 Å². The lowest BCUT2D eigenvalue weighted by Gasteiger charge is -2.08. The molecule has 0 saturated carbocycles. The molecule has 1 aromatic rings. The lowest BCUT2D eigenvalue weighted by atomic mass is 10.1. The molecule has 98 valence electrons. The highest BCUT2D eigenvalue weighted by Crippen LogP contribution is 2.11. The Balaban J connectivity index is 2.57. The second kappa shape index (κ2) is 8.28. The zero-order chi connectivity index (χ0) is 13.2. The van der Waals surface area contributed by atoms with Crippen LogP contribution in [0, 0.1) is 0 Å². The number of carbonyl (C=O) groups is 2.